The maximum atomic E-state index is 13.9. The minimum absolute atomic E-state index is 0.176. The lowest BCUT2D eigenvalue weighted by atomic mass is 10.2. The Morgan fingerprint density at radius 1 is 1.19 bits per heavy atom. The van der Waals surface area contributed by atoms with Crippen molar-refractivity contribution in [2.75, 3.05) is 0 Å². The van der Waals surface area contributed by atoms with Crippen molar-refractivity contribution in [3.63, 3.8) is 0 Å². The zero-order chi connectivity index (χ0) is 15.1. The molecule has 0 bridgehead atoms. The smallest absolute Gasteiger partial charge is 0.138 e. The summed E-state index contributed by atoms with van der Waals surface area (Å²) in [5, 5.41) is 1.02. The summed E-state index contributed by atoms with van der Waals surface area (Å²) in [5.74, 6) is 0.441. The third-order valence-electron chi connectivity index (χ3n) is 3.03. The van der Waals surface area contributed by atoms with Gasteiger partial charge in [-0.2, -0.15) is 0 Å². The zero-order valence-corrected chi connectivity index (χ0v) is 14.8. The van der Waals surface area contributed by atoms with Crippen LogP contribution in [0.15, 0.2) is 30.3 Å². The number of fused-ring (bicyclic) bond motifs is 1. The van der Waals surface area contributed by atoms with E-state index in [-0.39, 0.29) is 11.7 Å². The van der Waals surface area contributed by atoms with Gasteiger partial charge in [-0.15, -0.1) is 11.6 Å². The Bertz CT molecular complexity index is 848. The molecule has 0 fully saturated rings. The zero-order valence-electron chi connectivity index (χ0n) is 10.4. The van der Waals surface area contributed by atoms with E-state index in [9.17, 15) is 4.39 Å². The van der Waals surface area contributed by atoms with Crippen molar-refractivity contribution >= 4 is 68.4 Å². The maximum Gasteiger partial charge on any atom is 0.138 e. The van der Waals surface area contributed by atoms with E-state index in [2.05, 4.69) is 4.98 Å². The van der Waals surface area contributed by atoms with Crippen molar-refractivity contribution in [2.24, 2.45) is 0 Å². The molecule has 3 aromatic rings. The van der Waals surface area contributed by atoms with Gasteiger partial charge in [-0.25, -0.2) is 9.37 Å². The number of rotatable bonds is 2. The quantitative estimate of drug-likeness (QED) is 0.352. The van der Waals surface area contributed by atoms with Gasteiger partial charge in [-0.1, -0.05) is 23.2 Å². The molecule has 3 rings (SSSR count). The molecule has 0 N–H and O–H groups in total. The van der Waals surface area contributed by atoms with Crippen LogP contribution in [0.2, 0.25) is 10.0 Å². The summed E-state index contributed by atoms with van der Waals surface area (Å²) in [7, 11) is 0. The highest BCUT2D eigenvalue weighted by Gasteiger charge is 2.16. The van der Waals surface area contributed by atoms with Crippen LogP contribution in [0.25, 0.3) is 16.7 Å². The second-order valence-corrected chi connectivity index (χ2v) is 6.62. The van der Waals surface area contributed by atoms with Gasteiger partial charge in [-0.05, 0) is 46.9 Å². The number of alkyl halides is 1. The molecule has 2 nitrogen and oxygen atoms in total. The SMILES string of the molecule is Fc1cc2c(cc1I)nc(CCl)n2-c1cc(Cl)ccc1Cl. The molecule has 1 heterocycles. The highest BCUT2D eigenvalue weighted by molar-refractivity contribution is 14.1. The number of nitrogens with zero attached hydrogens (tertiary/aromatic N) is 2. The summed E-state index contributed by atoms with van der Waals surface area (Å²) in [6, 6.07) is 8.19. The Balaban J connectivity index is 2.40. The number of benzene rings is 2. The van der Waals surface area contributed by atoms with Crippen LogP contribution < -0.4 is 0 Å². The van der Waals surface area contributed by atoms with Crippen LogP contribution in [0, 0.1) is 9.39 Å². The van der Waals surface area contributed by atoms with Crippen LogP contribution >= 0.6 is 57.4 Å². The number of hydrogen-bond donors (Lipinski definition) is 0. The average Bonchev–Trinajstić information content (AvgIpc) is 2.79. The van der Waals surface area contributed by atoms with Crippen LogP contribution in [0.1, 0.15) is 5.82 Å². The van der Waals surface area contributed by atoms with E-state index >= 15 is 0 Å². The van der Waals surface area contributed by atoms with Gasteiger partial charge in [0.1, 0.15) is 11.6 Å². The normalized spacial score (nSPS) is 11.3. The monoisotopic (exact) mass is 454 g/mol. The predicted octanol–water partition coefficient (Wildman–Crippen LogP) is 5.81. The first kappa shape index (κ1) is 15.3. The van der Waals surface area contributed by atoms with E-state index in [1.54, 1.807) is 28.8 Å². The summed E-state index contributed by atoms with van der Waals surface area (Å²) in [5.41, 5.74) is 1.89. The average molecular weight is 455 g/mol. The van der Waals surface area contributed by atoms with Crippen LogP contribution in [-0.2, 0) is 5.88 Å². The Kier molecular flexibility index (Phi) is 4.32. The van der Waals surface area contributed by atoms with Gasteiger partial charge < -0.3 is 0 Å². The third kappa shape index (κ3) is 2.74. The van der Waals surface area contributed by atoms with Gasteiger partial charge >= 0.3 is 0 Å². The molecule has 0 aliphatic rings. The molecule has 0 atom stereocenters. The van der Waals surface area contributed by atoms with Gasteiger partial charge in [-0.3, -0.25) is 4.57 Å². The molecule has 0 saturated heterocycles. The standard InChI is InChI=1S/C14H7Cl3FIN2/c15-6-14-20-11-5-10(19)9(18)4-13(11)21(14)12-3-7(16)1-2-8(12)17/h1-5H,6H2. The van der Waals surface area contributed by atoms with E-state index in [1.807, 2.05) is 22.6 Å². The second-order valence-electron chi connectivity index (χ2n) is 4.35. The lowest BCUT2D eigenvalue weighted by Gasteiger charge is -2.10. The minimum Gasteiger partial charge on any atom is -0.294 e. The molecule has 0 aliphatic heterocycles. The molecule has 108 valence electrons. The van der Waals surface area contributed by atoms with Gasteiger partial charge in [0, 0.05) is 11.1 Å². The first-order valence-corrected chi connectivity index (χ1v) is 8.26. The fraction of sp³-hybridized carbons (Fsp3) is 0.0714. The van der Waals surface area contributed by atoms with Crippen molar-refractivity contribution in [2.45, 2.75) is 5.88 Å². The molecule has 0 saturated carbocycles. The molecule has 2 aromatic carbocycles. The van der Waals surface area contributed by atoms with Crippen molar-refractivity contribution in [1.29, 1.82) is 0 Å². The summed E-state index contributed by atoms with van der Waals surface area (Å²) < 4.78 is 16.1. The summed E-state index contributed by atoms with van der Waals surface area (Å²) >= 11 is 20.2. The van der Waals surface area contributed by atoms with E-state index in [0.29, 0.717) is 36.2 Å². The topological polar surface area (TPSA) is 17.8 Å². The maximum absolute atomic E-state index is 13.9. The summed E-state index contributed by atoms with van der Waals surface area (Å²) in [6.07, 6.45) is 0. The van der Waals surface area contributed by atoms with Gasteiger partial charge in [0.05, 0.1) is 31.2 Å². The number of hydrogen-bond acceptors (Lipinski definition) is 1. The largest absolute Gasteiger partial charge is 0.294 e. The number of aromatic nitrogens is 2. The van der Waals surface area contributed by atoms with E-state index in [0.717, 1.165) is 0 Å². The first-order chi connectivity index (χ1) is 10.0. The Morgan fingerprint density at radius 2 is 1.95 bits per heavy atom. The fourth-order valence-corrected chi connectivity index (χ4v) is 3.14. The summed E-state index contributed by atoms with van der Waals surface area (Å²) in [6.45, 7) is 0. The molecular weight excluding hydrogens is 448 g/mol. The van der Waals surface area contributed by atoms with Crippen molar-refractivity contribution < 1.29 is 4.39 Å². The lowest BCUT2D eigenvalue weighted by molar-refractivity contribution is 0.622. The predicted molar refractivity (Wildman–Crippen MR) is 93.3 cm³/mol. The number of imidazole rings is 1. The third-order valence-corrected chi connectivity index (χ3v) is 4.66. The molecule has 0 radical (unpaired) electrons. The number of halogens is 5. The highest BCUT2D eigenvalue weighted by atomic mass is 127. The lowest BCUT2D eigenvalue weighted by Crippen LogP contribution is -2.00. The first-order valence-electron chi connectivity index (χ1n) is 5.89. The highest BCUT2D eigenvalue weighted by Crippen LogP contribution is 2.31. The Labute approximate surface area is 149 Å². The van der Waals surface area contributed by atoms with E-state index < -0.39 is 0 Å². The minimum atomic E-state index is -0.316. The molecule has 21 heavy (non-hydrogen) atoms. The Hall–Kier alpha value is -0.560. The van der Waals surface area contributed by atoms with Gasteiger partial charge in [0.15, 0.2) is 0 Å². The molecule has 1 aromatic heterocycles. The second kappa shape index (κ2) is 5.91. The fourth-order valence-electron chi connectivity index (χ4n) is 2.14. The van der Waals surface area contributed by atoms with Crippen molar-refractivity contribution in [1.82, 2.24) is 9.55 Å². The van der Waals surface area contributed by atoms with Crippen LogP contribution in [0.5, 0.6) is 0 Å². The molecular formula is C14H7Cl3FIN2. The Morgan fingerprint density at radius 3 is 2.67 bits per heavy atom. The molecule has 0 aliphatic carbocycles. The van der Waals surface area contributed by atoms with E-state index in [4.69, 9.17) is 34.8 Å². The van der Waals surface area contributed by atoms with Crippen molar-refractivity contribution in [3.8, 4) is 5.69 Å². The van der Waals surface area contributed by atoms with Crippen LogP contribution in [0.3, 0.4) is 0 Å². The molecule has 0 amide bonds. The summed E-state index contributed by atoms with van der Waals surface area (Å²) in [4.78, 5) is 4.44. The molecule has 7 heteroatoms. The van der Waals surface area contributed by atoms with Crippen LogP contribution in [-0.4, -0.2) is 9.55 Å². The van der Waals surface area contributed by atoms with Crippen LogP contribution in [0.4, 0.5) is 4.39 Å². The van der Waals surface area contributed by atoms with Gasteiger partial charge in [0.2, 0.25) is 0 Å². The van der Waals surface area contributed by atoms with Gasteiger partial charge in [0.25, 0.3) is 0 Å². The molecule has 0 unspecified atom stereocenters. The van der Waals surface area contributed by atoms with Crippen molar-refractivity contribution in [3.05, 3.63) is 55.6 Å². The molecule has 0 spiro atoms. The van der Waals surface area contributed by atoms with E-state index in [1.165, 1.54) is 6.07 Å².